The van der Waals surface area contributed by atoms with E-state index in [1.165, 1.54) is 19.3 Å². The van der Waals surface area contributed by atoms with E-state index >= 15 is 0 Å². The third-order valence-electron chi connectivity index (χ3n) is 6.90. The lowest BCUT2D eigenvalue weighted by molar-refractivity contribution is -0.148. The third kappa shape index (κ3) is 3.61. The molecule has 0 radical (unpaired) electrons. The van der Waals surface area contributed by atoms with Crippen LogP contribution in [0.1, 0.15) is 58.1 Å². The molecule has 0 saturated heterocycles. The summed E-state index contributed by atoms with van der Waals surface area (Å²) >= 11 is 0. The fraction of sp³-hybridized carbons (Fsp3) is 0.682. The Labute approximate surface area is 161 Å². The van der Waals surface area contributed by atoms with Crippen molar-refractivity contribution < 1.29 is 9.59 Å². The largest absolute Gasteiger partial charge is 0.344 e. The average molecular weight is 370 g/mol. The van der Waals surface area contributed by atoms with Crippen LogP contribution in [-0.4, -0.2) is 22.8 Å². The number of carbonyl (C=O) groups excluding carboxylic acids is 2. The lowest BCUT2D eigenvalue weighted by atomic mass is 9.49. The Balaban J connectivity index is 1.46. The second-order valence-electron chi connectivity index (χ2n) is 9.55. The second kappa shape index (κ2) is 6.92. The van der Waals surface area contributed by atoms with Crippen molar-refractivity contribution in [2.45, 2.75) is 65.3 Å². The van der Waals surface area contributed by atoms with Gasteiger partial charge in [0.2, 0.25) is 11.8 Å². The molecule has 5 rings (SSSR count). The molecule has 27 heavy (non-hydrogen) atoms. The van der Waals surface area contributed by atoms with Gasteiger partial charge in [0.1, 0.15) is 11.9 Å². The fourth-order valence-corrected chi connectivity index (χ4v) is 6.03. The molecule has 1 atom stereocenters. The monoisotopic (exact) mass is 369 g/mol. The first-order valence-electron chi connectivity index (χ1n) is 10.4. The highest BCUT2D eigenvalue weighted by Crippen LogP contribution is 2.60. The van der Waals surface area contributed by atoms with E-state index in [1.54, 1.807) is 6.07 Å². The Hall–Kier alpha value is -1.91. The van der Waals surface area contributed by atoms with Gasteiger partial charge in [0.25, 0.3) is 0 Å². The molecule has 4 aliphatic carbocycles. The molecule has 0 aliphatic heterocycles. The van der Waals surface area contributed by atoms with Crippen LogP contribution in [0.2, 0.25) is 0 Å². The first-order valence-corrected chi connectivity index (χ1v) is 10.4. The number of hydrogen-bond acceptors (Lipinski definition) is 3. The second-order valence-corrected chi connectivity index (χ2v) is 9.55. The molecule has 0 spiro atoms. The normalized spacial score (nSPS) is 32.4. The molecular formula is C22H31N3O2. The van der Waals surface area contributed by atoms with Gasteiger partial charge in [-0.2, -0.15) is 0 Å². The van der Waals surface area contributed by atoms with Crippen molar-refractivity contribution in [1.29, 1.82) is 0 Å². The zero-order chi connectivity index (χ0) is 19.2. The number of aromatic nitrogens is 1. The topological polar surface area (TPSA) is 71.1 Å². The molecule has 4 bridgehead atoms. The van der Waals surface area contributed by atoms with E-state index in [9.17, 15) is 9.59 Å². The Morgan fingerprint density at radius 2 is 1.67 bits per heavy atom. The van der Waals surface area contributed by atoms with Crippen LogP contribution in [0.4, 0.5) is 5.82 Å². The van der Waals surface area contributed by atoms with Crippen LogP contribution in [0.15, 0.2) is 18.2 Å². The summed E-state index contributed by atoms with van der Waals surface area (Å²) in [6.07, 6.45) is 6.95. The number of aryl methyl sites for hydroxylation is 1. The van der Waals surface area contributed by atoms with Gasteiger partial charge in [0, 0.05) is 11.1 Å². The Bertz CT molecular complexity index is 708. The third-order valence-corrected chi connectivity index (χ3v) is 6.90. The van der Waals surface area contributed by atoms with Gasteiger partial charge in [-0.15, -0.1) is 0 Å². The number of carbonyl (C=O) groups is 2. The van der Waals surface area contributed by atoms with Crippen LogP contribution in [0, 0.1) is 36.0 Å². The maximum absolute atomic E-state index is 13.3. The average Bonchev–Trinajstić information content (AvgIpc) is 2.57. The molecule has 0 aromatic carbocycles. The van der Waals surface area contributed by atoms with Crippen LogP contribution in [0.5, 0.6) is 0 Å². The minimum absolute atomic E-state index is 0.0210. The van der Waals surface area contributed by atoms with Gasteiger partial charge in [0.15, 0.2) is 0 Å². The smallest absolute Gasteiger partial charge is 0.248 e. The van der Waals surface area contributed by atoms with Crippen LogP contribution in [0.25, 0.3) is 0 Å². The maximum atomic E-state index is 13.3. The molecule has 1 aromatic heterocycles. The van der Waals surface area contributed by atoms with Crippen LogP contribution < -0.4 is 10.6 Å². The quantitative estimate of drug-likeness (QED) is 0.831. The van der Waals surface area contributed by atoms with Crippen LogP contribution in [0.3, 0.4) is 0 Å². The van der Waals surface area contributed by atoms with Gasteiger partial charge in [-0.3, -0.25) is 9.59 Å². The molecule has 1 heterocycles. The SMILES string of the molecule is Cc1cccc(NC(=O)C(NC(=O)C23CC4CC(CC(C4)C2)C3)C(C)C)n1. The van der Waals surface area contributed by atoms with Gasteiger partial charge in [-0.25, -0.2) is 4.98 Å². The number of nitrogens with zero attached hydrogens (tertiary/aromatic N) is 1. The van der Waals surface area contributed by atoms with E-state index in [4.69, 9.17) is 0 Å². The maximum Gasteiger partial charge on any atom is 0.248 e. The Morgan fingerprint density at radius 1 is 1.07 bits per heavy atom. The molecule has 1 unspecified atom stereocenters. The highest BCUT2D eigenvalue weighted by Gasteiger charge is 2.55. The van der Waals surface area contributed by atoms with E-state index in [1.807, 2.05) is 32.9 Å². The number of pyridine rings is 1. The molecule has 5 nitrogen and oxygen atoms in total. The van der Waals surface area contributed by atoms with Crippen LogP contribution >= 0.6 is 0 Å². The van der Waals surface area contributed by atoms with E-state index in [-0.39, 0.29) is 23.1 Å². The summed E-state index contributed by atoms with van der Waals surface area (Å²) in [6, 6.07) is 5.01. The van der Waals surface area contributed by atoms with Crippen molar-refractivity contribution in [2.24, 2.45) is 29.1 Å². The van der Waals surface area contributed by atoms with Crippen molar-refractivity contribution in [2.75, 3.05) is 5.32 Å². The van der Waals surface area contributed by atoms with Gasteiger partial charge < -0.3 is 10.6 Å². The highest BCUT2D eigenvalue weighted by atomic mass is 16.2. The molecule has 2 amide bonds. The van der Waals surface area contributed by atoms with Crippen molar-refractivity contribution in [3.63, 3.8) is 0 Å². The molecule has 146 valence electrons. The minimum Gasteiger partial charge on any atom is -0.344 e. The van der Waals surface area contributed by atoms with E-state index < -0.39 is 6.04 Å². The highest BCUT2D eigenvalue weighted by molar-refractivity contribution is 5.97. The number of rotatable bonds is 5. The summed E-state index contributed by atoms with van der Waals surface area (Å²) < 4.78 is 0. The van der Waals surface area contributed by atoms with E-state index in [0.29, 0.717) is 23.6 Å². The number of anilines is 1. The Morgan fingerprint density at radius 3 is 2.19 bits per heavy atom. The fourth-order valence-electron chi connectivity index (χ4n) is 6.03. The molecular weight excluding hydrogens is 338 g/mol. The first-order chi connectivity index (χ1) is 12.8. The van der Waals surface area contributed by atoms with Gasteiger partial charge in [0.05, 0.1) is 0 Å². The van der Waals surface area contributed by atoms with Crippen molar-refractivity contribution in [1.82, 2.24) is 10.3 Å². The molecule has 5 heteroatoms. The summed E-state index contributed by atoms with van der Waals surface area (Å²) in [7, 11) is 0. The van der Waals surface area contributed by atoms with Gasteiger partial charge >= 0.3 is 0 Å². The summed E-state index contributed by atoms with van der Waals surface area (Å²) in [6.45, 7) is 5.85. The summed E-state index contributed by atoms with van der Waals surface area (Å²) in [5.41, 5.74) is 0.621. The molecule has 4 fully saturated rings. The predicted octanol–water partition coefficient (Wildman–Crippen LogP) is 3.69. The number of hydrogen-bond donors (Lipinski definition) is 2. The zero-order valence-electron chi connectivity index (χ0n) is 16.6. The Kier molecular flexibility index (Phi) is 4.73. The van der Waals surface area contributed by atoms with Gasteiger partial charge in [-0.1, -0.05) is 19.9 Å². The molecule has 1 aromatic rings. The van der Waals surface area contributed by atoms with E-state index in [0.717, 1.165) is 25.0 Å². The van der Waals surface area contributed by atoms with Crippen molar-refractivity contribution in [3.8, 4) is 0 Å². The lowest BCUT2D eigenvalue weighted by Gasteiger charge is -2.55. The summed E-state index contributed by atoms with van der Waals surface area (Å²) in [4.78, 5) is 30.5. The minimum atomic E-state index is -0.534. The summed E-state index contributed by atoms with van der Waals surface area (Å²) in [5, 5.41) is 6.01. The number of nitrogens with one attached hydrogen (secondary N) is 2. The molecule has 2 N–H and O–H groups in total. The summed E-state index contributed by atoms with van der Waals surface area (Å²) in [5.74, 6) is 2.62. The predicted molar refractivity (Wildman–Crippen MR) is 105 cm³/mol. The van der Waals surface area contributed by atoms with Crippen LogP contribution in [-0.2, 0) is 9.59 Å². The van der Waals surface area contributed by atoms with E-state index in [2.05, 4.69) is 15.6 Å². The lowest BCUT2D eigenvalue weighted by Crippen LogP contribution is -2.57. The van der Waals surface area contributed by atoms with Crippen molar-refractivity contribution >= 4 is 17.6 Å². The van der Waals surface area contributed by atoms with Crippen molar-refractivity contribution in [3.05, 3.63) is 23.9 Å². The first kappa shape index (κ1) is 18.5. The zero-order valence-corrected chi connectivity index (χ0v) is 16.6. The standard InChI is InChI=1S/C22H31N3O2/c1-13(2)19(20(26)24-18-6-4-5-14(3)23-18)25-21(27)22-10-15-7-16(11-22)9-17(8-15)12-22/h4-6,13,15-17,19H,7-12H2,1-3H3,(H,25,27)(H,23,24,26). The number of amides is 2. The molecule has 4 aliphatic rings. The molecule has 4 saturated carbocycles. The van der Waals surface area contributed by atoms with Gasteiger partial charge in [-0.05, 0) is 81.3 Å².